The van der Waals surface area contributed by atoms with Gasteiger partial charge in [0.25, 0.3) is 0 Å². The van der Waals surface area contributed by atoms with Crippen LogP contribution >= 0.6 is 0 Å². The lowest BCUT2D eigenvalue weighted by atomic mass is 9.88. The van der Waals surface area contributed by atoms with Crippen molar-refractivity contribution in [1.29, 1.82) is 0 Å². The molecule has 46 heavy (non-hydrogen) atoms. The highest BCUT2D eigenvalue weighted by molar-refractivity contribution is 6.22. The second-order valence-electron chi connectivity index (χ2n) is 12.5. The van der Waals surface area contributed by atoms with Crippen LogP contribution in [0.2, 0.25) is 0 Å². The van der Waals surface area contributed by atoms with E-state index in [0.29, 0.717) is 0 Å². The summed E-state index contributed by atoms with van der Waals surface area (Å²) in [6.07, 6.45) is 3.86. The molecule has 3 nitrogen and oxygen atoms in total. The van der Waals surface area contributed by atoms with Gasteiger partial charge in [-0.3, -0.25) is 9.55 Å². The molecule has 1 aliphatic rings. The van der Waals surface area contributed by atoms with Crippen molar-refractivity contribution in [2.24, 2.45) is 0 Å². The Balaban J connectivity index is 1.45. The van der Waals surface area contributed by atoms with Crippen molar-refractivity contribution in [3.63, 3.8) is 0 Å². The van der Waals surface area contributed by atoms with Gasteiger partial charge in [-0.15, -0.1) is 0 Å². The minimum absolute atomic E-state index is 0.906. The molecule has 0 unspecified atom stereocenters. The molecule has 6 aromatic carbocycles. The van der Waals surface area contributed by atoms with Gasteiger partial charge < -0.3 is 0 Å². The Labute approximate surface area is 266 Å². The van der Waals surface area contributed by atoms with Crippen LogP contribution in [0.15, 0.2) is 134 Å². The Hall–Kier alpha value is -5.80. The zero-order chi connectivity index (χ0) is 30.4. The first-order valence-corrected chi connectivity index (χ1v) is 16.1. The quantitative estimate of drug-likeness (QED) is 0.179. The van der Waals surface area contributed by atoms with Gasteiger partial charge >= 0.3 is 0 Å². The maximum atomic E-state index is 5.45. The third-order valence-electron chi connectivity index (χ3n) is 10.1. The third-order valence-corrected chi connectivity index (χ3v) is 10.1. The maximum absolute atomic E-state index is 5.45. The smallest absolute Gasteiger partial charge is 0.138 e. The Morgan fingerprint density at radius 3 is 2.07 bits per heavy atom. The summed E-state index contributed by atoms with van der Waals surface area (Å²) in [6.45, 7) is 2.31. The molecule has 0 spiro atoms. The standard InChI is InChI=1S/C43H29N3/c1-26-36-25-37-35-22-20-29-11-4-7-15-34(29)42(35)46(38-23-21-31-19-18-30-12-8-24-44-40(30)41(31)45-38)43(37)39(26)33-14-6-3-10-28(33)17-16-27-9-2-5-13-32(27)36/h2-15,18-25H,16-17H2,1H3. The van der Waals surface area contributed by atoms with Crippen molar-refractivity contribution in [3.8, 4) is 28.1 Å². The zero-order valence-electron chi connectivity index (χ0n) is 25.5. The van der Waals surface area contributed by atoms with Crippen LogP contribution < -0.4 is 0 Å². The summed E-state index contributed by atoms with van der Waals surface area (Å²) < 4.78 is 2.45. The van der Waals surface area contributed by atoms with Gasteiger partial charge in [0.05, 0.1) is 22.1 Å². The first-order chi connectivity index (χ1) is 22.7. The van der Waals surface area contributed by atoms with Crippen LogP contribution in [0.4, 0.5) is 0 Å². The Kier molecular flexibility index (Phi) is 5.32. The van der Waals surface area contributed by atoms with Gasteiger partial charge in [0.1, 0.15) is 5.82 Å². The third kappa shape index (κ3) is 3.54. The van der Waals surface area contributed by atoms with Crippen LogP contribution in [0.3, 0.4) is 0 Å². The molecular weight excluding hydrogens is 558 g/mol. The first-order valence-electron chi connectivity index (χ1n) is 16.1. The van der Waals surface area contributed by atoms with Crippen molar-refractivity contribution >= 4 is 54.4 Å². The van der Waals surface area contributed by atoms with Gasteiger partial charge in [0, 0.05) is 38.7 Å². The number of benzene rings is 6. The molecular formula is C43H29N3. The van der Waals surface area contributed by atoms with E-state index >= 15 is 0 Å². The Morgan fingerprint density at radius 1 is 0.522 bits per heavy atom. The highest BCUT2D eigenvalue weighted by Crippen LogP contribution is 2.47. The van der Waals surface area contributed by atoms with E-state index in [-0.39, 0.29) is 0 Å². The minimum Gasteiger partial charge on any atom is -0.292 e. The van der Waals surface area contributed by atoms with Crippen molar-refractivity contribution in [2.75, 3.05) is 0 Å². The first kappa shape index (κ1) is 25.5. The Morgan fingerprint density at radius 2 is 1.20 bits per heavy atom. The SMILES string of the molecule is Cc1c2cc3c4ccc5ccccc5c4n(-c4ccc5ccc6cccnc6c5n4)c3c1-c1ccccc1CCc1ccccc1-2. The molecule has 0 amide bonds. The van der Waals surface area contributed by atoms with Crippen molar-refractivity contribution < 1.29 is 0 Å². The molecule has 0 N–H and O–H groups in total. The average molecular weight is 588 g/mol. The van der Waals surface area contributed by atoms with E-state index in [1.807, 2.05) is 12.3 Å². The molecule has 3 aromatic heterocycles. The second-order valence-corrected chi connectivity index (χ2v) is 12.5. The molecule has 1 aliphatic carbocycles. The molecule has 0 saturated carbocycles. The Bertz CT molecular complexity index is 2710. The largest absolute Gasteiger partial charge is 0.292 e. The molecule has 9 aromatic rings. The van der Waals surface area contributed by atoms with Crippen molar-refractivity contribution in [3.05, 3.63) is 150 Å². The molecule has 0 fully saturated rings. The van der Waals surface area contributed by atoms with Gasteiger partial charge in [-0.2, -0.15) is 0 Å². The van der Waals surface area contributed by atoms with Crippen LogP contribution in [0, 0.1) is 6.92 Å². The summed E-state index contributed by atoms with van der Waals surface area (Å²) in [5, 5.41) is 7.12. The van der Waals surface area contributed by atoms with E-state index in [2.05, 4.69) is 133 Å². The summed E-state index contributed by atoms with van der Waals surface area (Å²) in [5.41, 5.74) is 13.6. The van der Waals surface area contributed by atoms with Crippen molar-refractivity contribution in [1.82, 2.24) is 14.5 Å². The van der Waals surface area contributed by atoms with E-state index in [0.717, 1.165) is 40.5 Å². The fourth-order valence-electron chi connectivity index (χ4n) is 7.96. The van der Waals surface area contributed by atoms with Crippen molar-refractivity contribution in [2.45, 2.75) is 19.8 Å². The molecule has 3 heterocycles. The summed E-state index contributed by atoms with van der Waals surface area (Å²) in [7, 11) is 0. The monoisotopic (exact) mass is 587 g/mol. The van der Waals surface area contributed by atoms with Crippen LogP contribution in [0.1, 0.15) is 16.7 Å². The van der Waals surface area contributed by atoms with Gasteiger partial charge in [-0.25, -0.2) is 4.98 Å². The predicted octanol–water partition coefficient (Wildman–Crippen LogP) is 10.8. The topological polar surface area (TPSA) is 30.7 Å². The van der Waals surface area contributed by atoms with Gasteiger partial charge in [-0.05, 0) is 82.8 Å². The average Bonchev–Trinajstić information content (AvgIpc) is 3.45. The highest BCUT2D eigenvalue weighted by Gasteiger charge is 2.26. The molecule has 0 aliphatic heterocycles. The molecule has 3 heteroatoms. The van der Waals surface area contributed by atoms with E-state index in [1.165, 1.54) is 71.5 Å². The summed E-state index contributed by atoms with van der Waals surface area (Å²) in [5.74, 6) is 0.906. The number of nitrogens with zero attached hydrogens (tertiary/aromatic N) is 3. The second kappa shape index (κ2) is 9.60. The lowest BCUT2D eigenvalue weighted by Crippen LogP contribution is -2.02. The molecule has 0 radical (unpaired) electrons. The predicted molar refractivity (Wildman–Crippen MR) is 192 cm³/mol. The van der Waals surface area contributed by atoms with Crippen LogP contribution in [-0.2, 0) is 12.8 Å². The summed E-state index contributed by atoms with van der Waals surface area (Å²) in [4.78, 5) is 10.2. The summed E-state index contributed by atoms with van der Waals surface area (Å²) in [6, 6.07) is 46.6. The molecule has 2 bridgehead atoms. The van der Waals surface area contributed by atoms with Crippen LogP contribution in [0.25, 0.3) is 82.5 Å². The van der Waals surface area contributed by atoms with Gasteiger partial charge in [0.2, 0.25) is 0 Å². The fraction of sp³-hybridized carbons (Fsp3) is 0.0698. The lowest BCUT2D eigenvalue weighted by Gasteiger charge is -2.18. The molecule has 216 valence electrons. The fourth-order valence-corrected chi connectivity index (χ4v) is 7.96. The van der Waals surface area contributed by atoms with E-state index < -0.39 is 0 Å². The molecule has 10 rings (SSSR count). The highest BCUT2D eigenvalue weighted by atomic mass is 15.1. The number of aromatic nitrogens is 3. The molecule has 0 atom stereocenters. The number of pyridine rings is 2. The van der Waals surface area contributed by atoms with E-state index in [1.54, 1.807) is 0 Å². The number of fused-ring (bicyclic) bond motifs is 15. The minimum atomic E-state index is 0.906. The van der Waals surface area contributed by atoms with Gasteiger partial charge in [-0.1, -0.05) is 103 Å². The van der Waals surface area contributed by atoms with Gasteiger partial charge in [0.15, 0.2) is 0 Å². The molecule has 0 saturated heterocycles. The number of rotatable bonds is 1. The summed E-state index contributed by atoms with van der Waals surface area (Å²) >= 11 is 0. The van der Waals surface area contributed by atoms with Crippen LogP contribution in [-0.4, -0.2) is 14.5 Å². The normalized spacial score (nSPS) is 12.7. The lowest BCUT2D eigenvalue weighted by molar-refractivity contribution is 0.966. The zero-order valence-corrected chi connectivity index (χ0v) is 25.5. The van der Waals surface area contributed by atoms with E-state index in [4.69, 9.17) is 9.97 Å². The van der Waals surface area contributed by atoms with E-state index in [9.17, 15) is 0 Å². The maximum Gasteiger partial charge on any atom is 0.138 e. The number of aryl methyl sites for hydroxylation is 2. The number of hydrogen-bond donors (Lipinski definition) is 0. The van der Waals surface area contributed by atoms with Crippen LogP contribution in [0.5, 0.6) is 0 Å². The number of hydrogen-bond acceptors (Lipinski definition) is 2.